The maximum Gasteiger partial charge on any atom is 0.145 e. The summed E-state index contributed by atoms with van der Waals surface area (Å²) < 4.78 is 8.94. The zero-order chi connectivity index (χ0) is 10.8. The van der Waals surface area contributed by atoms with Gasteiger partial charge in [-0.2, -0.15) is 5.26 Å². The third-order valence-corrected chi connectivity index (χ3v) is 1.50. The Labute approximate surface area is 84.9 Å². The number of nitriles is 1. The van der Waals surface area contributed by atoms with Crippen molar-refractivity contribution in [3.63, 3.8) is 0 Å². The monoisotopic (exact) mass is 193 g/mol. The molecule has 0 saturated heterocycles. The summed E-state index contributed by atoms with van der Waals surface area (Å²) in [5.74, 6) is 0. The first-order chi connectivity index (χ1) is 6.76. The molecule has 0 saturated carbocycles. The van der Waals surface area contributed by atoms with Gasteiger partial charge in [0.05, 0.1) is 11.6 Å². The molecule has 0 amide bonds. The van der Waals surface area contributed by atoms with E-state index in [0.717, 1.165) is 11.1 Å². The largest absolute Gasteiger partial charge is 0.359 e. The van der Waals surface area contributed by atoms with E-state index in [2.05, 4.69) is 15.5 Å². The molecule has 1 aromatic rings. The molecule has 76 valence electrons. The van der Waals surface area contributed by atoms with E-state index in [4.69, 9.17) is 5.26 Å². The van der Waals surface area contributed by atoms with Crippen molar-refractivity contribution in [1.82, 2.24) is 0 Å². The highest BCUT2D eigenvalue weighted by Gasteiger charge is 1.89. The molecule has 0 N–H and O–H groups in total. The first kappa shape index (κ1) is 12.6. The Kier molecular flexibility index (Phi) is 7.43. The van der Waals surface area contributed by atoms with Crippen LogP contribution in [0, 0.1) is 18.3 Å². The number of ether oxygens (including phenoxy) is 2. The maximum absolute atomic E-state index is 8.47. The molecule has 1 aromatic carbocycles. The van der Waals surface area contributed by atoms with Gasteiger partial charge in [-0.05, 0) is 18.6 Å². The van der Waals surface area contributed by atoms with Crippen LogP contribution < -0.4 is 0 Å². The van der Waals surface area contributed by atoms with Gasteiger partial charge in [-0.1, -0.05) is 18.2 Å². The van der Waals surface area contributed by atoms with Gasteiger partial charge in [0.2, 0.25) is 0 Å². The van der Waals surface area contributed by atoms with E-state index in [1.54, 1.807) is 14.2 Å². The standard InChI is InChI=1S/C8H7N.C3H8O2/c1-7-4-2-3-5-8(7)6-9;1-4-3-5-2/h2-5H,1H3;3H2,1-2H3. The van der Waals surface area contributed by atoms with Gasteiger partial charge in [-0.15, -0.1) is 0 Å². The minimum absolute atomic E-state index is 0.389. The summed E-state index contributed by atoms with van der Waals surface area (Å²) in [5, 5.41) is 8.47. The molecule has 0 unspecified atom stereocenters. The van der Waals surface area contributed by atoms with E-state index >= 15 is 0 Å². The van der Waals surface area contributed by atoms with Crippen LogP contribution in [-0.4, -0.2) is 21.0 Å². The summed E-state index contributed by atoms with van der Waals surface area (Å²) in [4.78, 5) is 0. The summed E-state index contributed by atoms with van der Waals surface area (Å²) in [6, 6.07) is 9.63. The summed E-state index contributed by atoms with van der Waals surface area (Å²) in [6.07, 6.45) is 0. The van der Waals surface area contributed by atoms with E-state index in [-0.39, 0.29) is 0 Å². The third-order valence-electron chi connectivity index (χ3n) is 1.50. The Hall–Kier alpha value is -1.37. The Morgan fingerprint density at radius 1 is 1.21 bits per heavy atom. The summed E-state index contributed by atoms with van der Waals surface area (Å²) >= 11 is 0. The van der Waals surface area contributed by atoms with Crippen LogP contribution in [0.2, 0.25) is 0 Å². The lowest BCUT2D eigenvalue weighted by molar-refractivity contribution is -0.00271. The van der Waals surface area contributed by atoms with Gasteiger partial charge in [0, 0.05) is 14.2 Å². The molecule has 0 aromatic heterocycles. The zero-order valence-electron chi connectivity index (χ0n) is 8.78. The molecule has 1 rings (SSSR count). The highest BCUT2D eigenvalue weighted by Crippen LogP contribution is 2.03. The number of methoxy groups -OCH3 is 2. The Balaban J connectivity index is 0.000000292. The second-order valence-corrected chi connectivity index (χ2v) is 2.62. The molecule has 0 aliphatic heterocycles. The van der Waals surface area contributed by atoms with Crippen LogP contribution in [0.15, 0.2) is 24.3 Å². The second kappa shape index (κ2) is 8.24. The van der Waals surface area contributed by atoms with E-state index in [0.29, 0.717) is 6.79 Å². The van der Waals surface area contributed by atoms with Crippen LogP contribution in [0.5, 0.6) is 0 Å². The van der Waals surface area contributed by atoms with Crippen molar-refractivity contribution >= 4 is 0 Å². The molecule has 0 bridgehead atoms. The molecule has 0 atom stereocenters. The summed E-state index contributed by atoms with van der Waals surface area (Å²) in [7, 11) is 3.17. The molecule has 0 radical (unpaired) electrons. The van der Waals surface area contributed by atoms with E-state index in [1.807, 2.05) is 31.2 Å². The molecule has 0 aliphatic carbocycles. The van der Waals surface area contributed by atoms with Crippen molar-refractivity contribution in [3.8, 4) is 6.07 Å². The number of rotatable bonds is 2. The molecule has 0 spiro atoms. The van der Waals surface area contributed by atoms with Crippen LogP contribution in [0.4, 0.5) is 0 Å². The van der Waals surface area contributed by atoms with Gasteiger partial charge in [0.1, 0.15) is 6.79 Å². The summed E-state index contributed by atoms with van der Waals surface area (Å²) in [5.41, 5.74) is 1.80. The van der Waals surface area contributed by atoms with Crippen molar-refractivity contribution in [1.29, 1.82) is 5.26 Å². The molecular formula is C11H15NO2. The van der Waals surface area contributed by atoms with Gasteiger partial charge in [0.25, 0.3) is 0 Å². The van der Waals surface area contributed by atoms with E-state index in [1.165, 1.54) is 0 Å². The van der Waals surface area contributed by atoms with Crippen molar-refractivity contribution in [3.05, 3.63) is 35.4 Å². The molecule has 0 aliphatic rings. The van der Waals surface area contributed by atoms with Crippen LogP contribution in [0.1, 0.15) is 11.1 Å². The molecule has 3 nitrogen and oxygen atoms in total. The van der Waals surface area contributed by atoms with E-state index in [9.17, 15) is 0 Å². The number of aryl methyl sites for hydroxylation is 1. The molecule has 0 heterocycles. The van der Waals surface area contributed by atoms with Crippen molar-refractivity contribution in [2.75, 3.05) is 21.0 Å². The SMILES string of the molecule is COCOC.Cc1ccccc1C#N. The zero-order valence-corrected chi connectivity index (χ0v) is 8.78. The Bertz CT molecular complexity index is 290. The highest BCUT2D eigenvalue weighted by atomic mass is 16.6. The lowest BCUT2D eigenvalue weighted by Crippen LogP contribution is -1.87. The average molecular weight is 193 g/mol. The average Bonchev–Trinajstić information content (AvgIpc) is 2.21. The molecule has 14 heavy (non-hydrogen) atoms. The first-order valence-corrected chi connectivity index (χ1v) is 4.19. The number of nitrogens with zero attached hydrogens (tertiary/aromatic N) is 1. The lowest BCUT2D eigenvalue weighted by atomic mass is 10.1. The smallest absolute Gasteiger partial charge is 0.145 e. The first-order valence-electron chi connectivity index (χ1n) is 4.19. The van der Waals surface area contributed by atoms with Gasteiger partial charge < -0.3 is 9.47 Å². The van der Waals surface area contributed by atoms with Crippen LogP contribution >= 0.6 is 0 Å². The predicted molar refractivity (Wildman–Crippen MR) is 54.8 cm³/mol. The van der Waals surface area contributed by atoms with Gasteiger partial charge in [-0.3, -0.25) is 0 Å². The normalized spacial score (nSPS) is 8.43. The van der Waals surface area contributed by atoms with Crippen LogP contribution in [0.25, 0.3) is 0 Å². The Morgan fingerprint density at radius 3 is 2.07 bits per heavy atom. The van der Waals surface area contributed by atoms with Crippen LogP contribution in [-0.2, 0) is 9.47 Å². The maximum atomic E-state index is 8.47. The molecule has 0 fully saturated rings. The second-order valence-electron chi connectivity index (χ2n) is 2.62. The number of benzene rings is 1. The predicted octanol–water partition coefficient (Wildman–Crippen LogP) is 2.10. The lowest BCUT2D eigenvalue weighted by Gasteiger charge is -1.90. The van der Waals surface area contributed by atoms with Crippen molar-refractivity contribution in [2.45, 2.75) is 6.92 Å². The van der Waals surface area contributed by atoms with Gasteiger partial charge >= 0.3 is 0 Å². The Morgan fingerprint density at radius 2 is 1.79 bits per heavy atom. The van der Waals surface area contributed by atoms with Crippen LogP contribution in [0.3, 0.4) is 0 Å². The quantitative estimate of drug-likeness (QED) is 0.675. The fraction of sp³-hybridized carbons (Fsp3) is 0.364. The topological polar surface area (TPSA) is 42.2 Å². The minimum Gasteiger partial charge on any atom is -0.359 e. The fourth-order valence-corrected chi connectivity index (χ4v) is 0.816. The number of hydrogen-bond acceptors (Lipinski definition) is 3. The van der Waals surface area contributed by atoms with Crippen molar-refractivity contribution in [2.24, 2.45) is 0 Å². The van der Waals surface area contributed by atoms with Gasteiger partial charge in [0.15, 0.2) is 0 Å². The minimum atomic E-state index is 0.389. The fourth-order valence-electron chi connectivity index (χ4n) is 0.816. The van der Waals surface area contributed by atoms with E-state index < -0.39 is 0 Å². The third kappa shape index (κ3) is 5.31. The summed E-state index contributed by atoms with van der Waals surface area (Å²) in [6.45, 7) is 2.32. The molecule has 3 heteroatoms. The van der Waals surface area contributed by atoms with Gasteiger partial charge in [-0.25, -0.2) is 0 Å². The molecular weight excluding hydrogens is 178 g/mol. The number of hydrogen-bond donors (Lipinski definition) is 0. The van der Waals surface area contributed by atoms with Crippen molar-refractivity contribution < 1.29 is 9.47 Å². The highest BCUT2D eigenvalue weighted by molar-refractivity contribution is 5.35.